The second-order valence-electron chi connectivity index (χ2n) is 5.33. The molecule has 118 valence electrons. The van der Waals surface area contributed by atoms with Gasteiger partial charge in [-0.05, 0) is 31.2 Å². The van der Waals surface area contributed by atoms with E-state index in [1.54, 1.807) is 24.3 Å². The van der Waals surface area contributed by atoms with Crippen molar-refractivity contribution in [1.29, 1.82) is 0 Å². The number of nitrogens with one attached hydrogen (secondary N) is 1. The largest absolute Gasteiger partial charge is 0.332 e. The van der Waals surface area contributed by atoms with E-state index in [4.69, 9.17) is 0 Å². The van der Waals surface area contributed by atoms with Crippen molar-refractivity contribution in [3.63, 3.8) is 0 Å². The van der Waals surface area contributed by atoms with Gasteiger partial charge in [0.1, 0.15) is 0 Å². The highest BCUT2D eigenvalue weighted by molar-refractivity contribution is 7.90. The summed E-state index contributed by atoms with van der Waals surface area (Å²) in [6.45, 7) is 2.05. The molecule has 0 spiro atoms. The van der Waals surface area contributed by atoms with E-state index < -0.39 is 9.84 Å². The van der Waals surface area contributed by atoms with Crippen LogP contribution >= 0.6 is 11.3 Å². The standard InChI is InChI=1S/C17H16N2O2S2/c1-12-3-5-13(6-4-12)16-11-22-17(19-16)18-14-7-9-15(10-8-14)23(2,20)21/h3-11H,1-2H3,(H,18,19). The molecule has 1 heterocycles. The number of sulfone groups is 1. The molecular weight excluding hydrogens is 328 g/mol. The smallest absolute Gasteiger partial charge is 0.187 e. The summed E-state index contributed by atoms with van der Waals surface area (Å²) in [5, 5.41) is 5.97. The molecule has 2 aromatic carbocycles. The first-order chi connectivity index (χ1) is 10.9. The summed E-state index contributed by atoms with van der Waals surface area (Å²) in [5.41, 5.74) is 4.02. The molecule has 0 saturated carbocycles. The van der Waals surface area contributed by atoms with Crippen LogP contribution in [0.5, 0.6) is 0 Å². The Morgan fingerprint density at radius 1 is 1.00 bits per heavy atom. The number of benzene rings is 2. The summed E-state index contributed by atoms with van der Waals surface area (Å²) in [6.07, 6.45) is 1.20. The highest BCUT2D eigenvalue weighted by Crippen LogP contribution is 2.27. The number of rotatable bonds is 4. The van der Waals surface area contributed by atoms with E-state index in [1.807, 2.05) is 5.38 Å². The van der Waals surface area contributed by atoms with E-state index >= 15 is 0 Å². The van der Waals surface area contributed by atoms with Gasteiger partial charge in [-0.15, -0.1) is 11.3 Å². The number of hydrogen-bond acceptors (Lipinski definition) is 5. The fraction of sp³-hybridized carbons (Fsp3) is 0.118. The first-order valence-electron chi connectivity index (χ1n) is 7.01. The van der Waals surface area contributed by atoms with E-state index in [9.17, 15) is 8.42 Å². The predicted molar refractivity (Wildman–Crippen MR) is 95.1 cm³/mol. The van der Waals surface area contributed by atoms with Crippen LogP contribution in [0.15, 0.2) is 58.8 Å². The third kappa shape index (κ3) is 3.78. The van der Waals surface area contributed by atoms with Gasteiger partial charge in [0.05, 0.1) is 10.6 Å². The Hall–Kier alpha value is -2.18. The number of thiazole rings is 1. The molecule has 0 unspecified atom stereocenters. The molecule has 0 radical (unpaired) electrons. The third-order valence-electron chi connectivity index (χ3n) is 3.39. The Morgan fingerprint density at radius 2 is 1.65 bits per heavy atom. The number of hydrogen-bond donors (Lipinski definition) is 1. The second kappa shape index (κ2) is 6.14. The van der Waals surface area contributed by atoms with Crippen LogP contribution in [0.25, 0.3) is 11.3 Å². The summed E-state index contributed by atoms with van der Waals surface area (Å²) >= 11 is 1.51. The lowest BCUT2D eigenvalue weighted by molar-refractivity contribution is 0.602. The predicted octanol–water partition coefficient (Wildman–Crippen LogP) is 4.27. The van der Waals surface area contributed by atoms with E-state index in [2.05, 4.69) is 41.5 Å². The molecule has 0 aliphatic carbocycles. The van der Waals surface area contributed by atoms with Crippen LogP contribution in [0.1, 0.15) is 5.56 Å². The van der Waals surface area contributed by atoms with Gasteiger partial charge in [0.25, 0.3) is 0 Å². The van der Waals surface area contributed by atoms with Crippen molar-refractivity contribution in [2.24, 2.45) is 0 Å². The lowest BCUT2D eigenvalue weighted by Gasteiger charge is -2.04. The van der Waals surface area contributed by atoms with Crippen LogP contribution in [0.2, 0.25) is 0 Å². The molecule has 6 heteroatoms. The van der Waals surface area contributed by atoms with Gasteiger partial charge in [0, 0.05) is 22.9 Å². The number of nitrogens with zero attached hydrogens (tertiary/aromatic N) is 1. The summed E-state index contributed by atoms with van der Waals surface area (Å²) < 4.78 is 22.9. The van der Waals surface area contributed by atoms with Gasteiger partial charge in [-0.2, -0.15) is 0 Å². The molecule has 0 atom stereocenters. The zero-order valence-corrected chi connectivity index (χ0v) is 14.4. The summed E-state index contributed by atoms with van der Waals surface area (Å²) in [7, 11) is -3.17. The molecule has 0 fully saturated rings. The number of aromatic nitrogens is 1. The van der Waals surface area contributed by atoms with Crippen LogP contribution in [0.4, 0.5) is 10.8 Å². The van der Waals surface area contributed by atoms with E-state index in [-0.39, 0.29) is 0 Å². The minimum Gasteiger partial charge on any atom is -0.332 e. The van der Waals surface area contributed by atoms with Gasteiger partial charge < -0.3 is 5.32 Å². The maximum Gasteiger partial charge on any atom is 0.187 e. The molecular formula is C17H16N2O2S2. The Balaban J connectivity index is 1.78. The van der Waals surface area contributed by atoms with Crippen molar-refractivity contribution in [1.82, 2.24) is 4.98 Å². The average Bonchev–Trinajstić information content (AvgIpc) is 2.96. The second-order valence-corrected chi connectivity index (χ2v) is 8.20. The van der Waals surface area contributed by atoms with Gasteiger partial charge in [-0.25, -0.2) is 13.4 Å². The maximum absolute atomic E-state index is 11.5. The van der Waals surface area contributed by atoms with Gasteiger partial charge in [0.15, 0.2) is 15.0 Å². The topological polar surface area (TPSA) is 59.1 Å². The molecule has 23 heavy (non-hydrogen) atoms. The van der Waals surface area contributed by atoms with E-state index in [0.29, 0.717) is 4.90 Å². The quantitative estimate of drug-likeness (QED) is 0.768. The van der Waals surface area contributed by atoms with Crippen molar-refractivity contribution in [3.8, 4) is 11.3 Å². The first-order valence-corrected chi connectivity index (χ1v) is 9.79. The zero-order valence-electron chi connectivity index (χ0n) is 12.8. The Bertz CT molecular complexity index is 912. The van der Waals surface area contributed by atoms with Gasteiger partial charge in [-0.3, -0.25) is 0 Å². The van der Waals surface area contributed by atoms with Crippen LogP contribution < -0.4 is 5.32 Å². The zero-order chi connectivity index (χ0) is 16.4. The highest BCUT2D eigenvalue weighted by atomic mass is 32.2. The van der Waals surface area contributed by atoms with Gasteiger partial charge in [0.2, 0.25) is 0 Å². The molecule has 3 aromatic rings. The fourth-order valence-electron chi connectivity index (χ4n) is 2.10. The van der Waals surface area contributed by atoms with Crippen molar-refractivity contribution in [3.05, 3.63) is 59.5 Å². The summed E-state index contributed by atoms with van der Waals surface area (Å²) in [5.74, 6) is 0. The maximum atomic E-state index is 11.5. The monoisotopic (exact) mass is 344 g/mol. The molecule has 0 bridgehead atoms. The number of aryl methyl sites for hydroxylation is 1. The molecule has 1 N–H and O–H groups in total. The Morgan fingerprint density at radius 3 is 2.26 bits per heavy atom. The van der Waals surface area contributed by atoms with Crippen molar-refractivity contribution >= 4 is 32.0 Å². The van der Waals surface area contributed by atoms with Gasteiger partial charge in [-0.1, -0.05) is 29.8 Å². The van der Waals surface area contributed by atoms with E-state index in [0.717, 1.165) is 22.1 Å². The van der Waals surface area contributed by atoms with Crippen LogP contribution in [-0.4, -0.2) is 19.7 Å². The SMILES string of the molecule is Cc1ccc(-c2csc(Nc3ccc(S(C)(=O)=O)cc3)n2)cc1. The van der Waals surface area contributed by atoms with Crippen LogP contribution in [-0.2, 0) is 9.84 Å². The first kappa shape index (κ1) is 15.7. The lowest BCUT2D eigenvalue weighted by Crippen LogP contribution is -1.97. The minimum absolute atomic E-state index is 0.308. The lowest BCUT2D eigenvalue weighted by atomic mass is 10.1. The van der Waals surface area contributed by atoms with Crippen LogP contribution in [0, 0.1) is 6.92 Å². The molecule has 0 amide bonds. The van der Waals surface area contributed by atoms with Crippen LogP contribution in [0.3, 0.4) is 0 Å². The third-order valence-corrected chi connectivity index (χ3v) is 5.27. The van der Waals surface area contributed by atoms with Gasteiger partial charge >= 0.3 is 0 Å². The Kier molecular flexibility index (Phi) is 4.19. The number of anilines is 2. The molecule has 4 nitrogen and oxygen atoms in total. The van der Waals surface area contributed by atoms with E-state index in [1.165, 1.54) is 23.2 Å². The molecule has 0 aliphatic rings. The fourth-order valence-corrected chi connectivity index (χ4v) is 3.47. The minimum atomic E-state index is -3.17. The highest BCUT2D eigenvalue weighted by Gasteiger charge is 2.08. The molecule has 1 aromatic heterocycles. The summed E-state index contributed by atoms with van der Waals surface area (Å²) in [6, 6.07) is 14.9. The van der Waals surface area contributed by atoms with Crippen molar-refractivity contribution in [2.75, 3.05) is 11.6 Å². The molecule has 0 aliphatic heterocycles. The summed E-state index contributed by atoms with van der Waals surface area (Å²) in [4.78, 5) is 4.87. The Labute approximate surface area is 139 Å². The average molecular weight is 344 g/mol. The van der Waals surface area contributed by atoms with Crippen molar-refractivity contribution in [2.45, 2.75) is 11.8 Å². The molecule has 0 saturated heterocycles. The molecule has 3 rings (SSSR count). The normalized spacial score (nSPS) is 11.4. The van der Waals surface area contributed by atoms with Crippen molar-refractivity contribution < 1.29 is 8.42 Å².